The number of hydrogen-bond donors (Lipinski definition) is 0. The van der Waals surface area contributed by atoms with Crippen molar-refractivity contribution in [1.82, 2.24) is 25.1 Å². The first-order chi connectivity index (χ1) is 15.8. The van der Waals surface area contributed by atoms with Crippen molar-refractivity contribution in [3.05, 3.63) is 65.0 Å². The fraction of sp³-hybridized carbons (Fsp3) is 0.480. The van der Waals surface area contributed by atoms with Crippen LogP contribution in [0.4, 0.5) is 0 Å². The third-order valence-electron chi connectivity index (χ3n) is 6.94. The molecule has 7 heteroatoms. The van der Waals surface area contributed by atoms with Crippen LogP contribution in [0.2, 0.25) is 0 Å². The first-order valence-electron chi connectivity index (χ1n) is 11.6. The van der Waals surface area contributed by atoms with Gasteiger partial charge in [0.1, 0.15) is 17.5 Å². The van der Waals surface area contributed by atoms with Crippen molar-refractivity contribution in [2.24, 2.45) is 0 Å². The average Bonchev–Trinajstić information content (AvgIpc) is 3.34. The molecule has 0 N–H and O–H groups in total. The van der Waals surface area contributed by atoms with E-state index in [1.54, 1.807) is 14.2 Å². The van der Waals surface area contributed by atoms with Crippen LogP contribution in [-0.2, 0) is 13.0 Å². The molecule has 1 atom stereocenters. The summed E-state index contributed by atoms with van der Waals surface area (Å²) < 4.78 is 13.4. The SMILES string of the molecule is COc1ccc(C(c2nnnn2C2CCCCC2)N2CCc3ccccc3C2)c(OC)c1. The number of benzene rings is 2. The third kappa shape index (κ3) is 3.97. The van der Waals surface area contributed by atoms with Gasteiger partial charge < -0.3 is 9.47 Å². The molecule has 0 radical (unpaired) electrons. The van der Waals surface area contributed by atoms with Gasteiger partial charge in [-0.2, -0.15) is 0 Å². The molecule has 2 aliphatic rings. The van der Waals surface area contributed by atoms with E-state index < -0.39 is 0 Å². The Morgan fingerprint density at radius 2 is 1.78 bits per heavy atom. The fourth-order valence-electron chi connectivity index (χ4n) is 5.25. The number of rotatable bonds is 6. The van der Waals surface area contributed by atoms with E-state index in [0.717, 1.165) is 55.2 Å². The molecular weight excluding hydrogens is 402 g/mol. The monoisotopic (exact) mass is 433 g/mol. The van der Waals surface area contributed by atoms with Gasteiger partial charge in [0.15, 0.2) is 5.82 Å². The molecular formula is C25H31N5O2. The van der Waals surface area contributed by atoms with Crippen molar-refractivity contribution >= 4 is 0 Å². The Balaban J connectivity index is 1.59. The predicted octanol–water partition coefficient (Wildman–Crippen LogP) is 4.34. The van der Waals surface area contributed by atoms with E-state index in [1.165, 1.54) is 30.4 Å². The standard InChI is InChI=1S/C25H31N5O2/c1-31-21-12-13-22(23(16-21)32-2)24(29-15-14-18-8-6-7-9-19(18)17-29)25-26-27-28-30(25)20-10-4-3-5-11-20/h6-9,12-13,16,20,24H,3-5,10-11,14-15,17H2,1-2H3. The molecule has 1 fully saturated rings. The van der Waals surface area contributed by atoms with Gasteiger partial charge in [0, 0.05) is 24.7 Å². The molecule has 7 nitrogen and oxygen atoms in total. The highest BCUT2D eigenvalue weighted by atomic mass is 16.5. The molecule has 1 saturated carbocycles. The number of ether oxygens (including phenoxy) is 2. The molecule has 32 heavy (non-hydrogen) atoms. The summed E-state index contributed by atoms with van der Waals surface area (Å²) in [5.41, 5.74) is 3.86. The first kappa shape index (κ1) is 20.9. The van der Waals surface area contributed by atoms with Crippen LogP contribution in [0, 0.1) is 0 Å². The van der Waals surface area contributed by atoms with Crippen molar-refractivity contribution in [2.45, 2.75) is 57.2 Å². The van der Waals surface area contributed by atoms with Crippen LogP contribution in [0.25, 0.3) is 0 Å². The Labute approximate surface area is 189 Å². The Bertz CT molecular complexity index is 1060. The Kier molecular flexibility index (Phi) is 6.08. The van der Waals surface area contributed by atoms with Crippen molar-refractivity contribution in [2.75, 3.05) is 20.8 Å². The van der Waals surface area contributed by atoms with Gasteiger partial charge in [0.25, 0.3) is 0 Å². The predicted molar refractivity (Wildman–Crippen MR) is 122 cm³/mol. The number of tetrazole rings is 1. The molecule has 168 valence electrons. The maximum Gasteiger partial charge on any atom is 0.173 e. The number of methoxy groups -OCH3 is 2. The summed E-state index contributed by atoms with van der Waals surface area (Å²) in [6.07, 6.45) is 7.04. The van der Waals surface area contributed by atoms with Crippen LogP contribution in [0.1, 0.15) is 66.7 Å². The second kappa shape index (κ2) is 9.28. The van der Waals surface area contributed by atoms with Gasteiger partial charge >= 0.3 is 0 Å². The largest absolute Gasteiger partial charge is 0.497 e. The van der Waals surface area contributed by atoms with Crippen LogP contribution in [0.5, 0.6) is 11.5 Å². The zero-order chi connectivity index (χ0) is 21.9. The summed E-state index contributed by atoms with van der Waals surface area (Å²) in [7, 11) is 3.39. The number of fused-ring (bicyclic) bond motifs is 1. The van der Waals surface area contributed by atoms with Crippen LogP contribution < -0.4 is 9.47 Å². The summed E-state index contributed by atoms with van der Waals surface area (Å²) in [5.74, 6) is 2.48. The van der Waals surface area contributed by atoms with Gasteiger partial charge in [-0.15, -0.1) is 5.10 Å². The van der Waals surface area contributed by atoms with Gasteiger partial charge in [0.2, 0.25) is 0 Å². The van der Waals surface area contributed by atoms with E-state index in [4.69, 9.17) is 9.47 Å². The highest BCUT2D eigenvalue weighted by Crippen LogP contribution is 2.40. The van der Waals surface area contributed by atoms with E-state index in [1.807, 2.05) is 12.1 Å². The second-order valence-electron chi connectivity index (χ2n) is 8.77. The smallest absolute Gasteiger partial charge is 0.173 e. The summed E-state index contributed by atoms with van der Waals surface area (Å²) in [4.78, 5) is 2.48. The second-order valence-corrected chi connectivity index (χ2v) is 8.77. The van der Waals surface area contributed by atoms with Crippen LogP contribution >= 0.6 is 0 Å². The van der Waals surface area contributed by atoms with E-state index in [0.29, 0.717) is 6.04 Å². The van der Waals surface area contributed by atoms with Gasteiger partial charge in [-0.05, 0) is 52.9 Å². The van der Waals surface area contributed by atoms with E-state index in [2.05, 4.69) is 55.4 Å². The van der Waals surface area contributed by atoms with Crippen molar-refractivity contribution < 1.29 is 9.47 Å². The topological polar surface area (TPSA) is 65.3 Å². The Morgan fingerprint density at radius 3 is 2.56 bits per heavy atom. The molecule has 1 unspecified atom stereocenters. The molecule has 0 amide bonds. The van der Waals surface area contributed by atoms with Crippen LogP contribution in [0.3, 0.4) is 0 Å². The highest BCUT2D eigenvalue weighted by molar-refractivity contribution is 5.45. The molecule has 2 aromatic carbocycles. The molecule has 5 rings (SSSR count). The maximum absolute atomic E-state index is 5.83. The third-order valence-corrected chi connectivity index (χ3v) is 6.94. The zero-order valence-corrected chi connectivity index (χ0v) is 18.9. The fourth-order valence-corrected chi connectivity index (χ4v) is 5.25. The highest BCUT2D eigenvalue weighted by Gasteiger charge is 2.34. The minimum atomic E-state index is -0.0962. The summed E-state index contributed by atoms with van der Waals surface area (Å²) in [5, 5.41) is 13.2. The molecule has 0 spiro atoms. The maximum atomic E-state index is 5.83. The van der Waals surface area contributed by atoms with Gasteiger partial charge in [-0.25, -0.2) is 4.68 Å². The molecule has 1 aliphatic heterocycles. The van der Waals surface area contributed by atoms with Crippen molar-refractivity contribution in [3.8, 4) is 11.5 Å². The van der Waals surface area contributed by atoms with Gasteiger partial charge in [-0.1, -0.05) is 43.5 Å². The summed E-state index contributed by atoms with van der Waals surface area (Å²) in [6, 6.07) is 15.0. The molecule has 2 heterocycles. The minimum absolute atomic E-state index is 0.0962. The van der Waals surface area contributed by atoms with Gasteiger partial charge in [0.05, 0.1) is 20.3 Å². The molecule has 3 aromatic rings. The lowest BCUT2D eigenvalue weighted by Gasteiger charge is -2.36. The lowest BCUT2D eigenvalue weighted by molar-refractivity contribution is 0.184. The quantitative estimate of drug-likeness (QED) is 0.576. The lowest BCUT2D eigenvalue weighted by Crippen LogP contribution is -2.37. The molecule has 1 aliphatic carbocycles. The first-order valence-corrected chi connectivity index (χ1v) is 11.6. The lowest BCUT2D eigenvalue weighted by atomic mass is 9.93. The van der Waals surface area contributed by atoms with Crippen molar-refractivity contribution in [1.29, 1.82) is 0 Å². The zero-order valence-electron chi connectivity index (χ0n) is 18.9. The molecule has 0 bridgehead atoms. The average molecular weight is 434 g/mol. The Hall–Kier alpha value is -2.93. The van der Waals surface area contributed by atoms with Crippen LogP contribution in [0.15, 0.2) is 42.5 Å². The Morgan fingerprint density at radius 1 is 0.969 bits per heavy atom. The van der Waals surface area contributed by atoms with Crippen LogP contribution in [-0.4, -0.2) is 45.9 Å². The molecule has 0 saturated heterocycles. The number of nitrogens with zero attached hydrogens (tertiary/aromatic N) is 5. The van der Waals surface area contributed by atoms with E-state index in [9.17, 15) is 0 Å². The number of hydrogen-bond acceptors (Lipinski definition) is 6. The minimum Gasteiger partial charge on any atom is -0.497 e. The molecule has 1 aromatic heterocycles. The van der Waals surface area contributed by atoms with Gasteiger partial charge in [-0.3, -0.25) is 4.90 Å². The summed E-state index contributed by atoms with van der Waals surface area (Å²) >= 11 is 0. The number of aromatic nitrogens is 4. The van der Waals surface area contributed by atoms with E-state index >= 15 is 0 Å². The summed E-state index contributed by atoms with van der Waals surface area (Å²) in [6.45, 7) is 1.79. The van der Waals surface area contributed by atoms with Crippen molar-refractivity contribution in [3.63, 3.8) is 0 Å². The van der Waals surface area contributed by atoms with E-state index in [-0.39, 0.29) is 6.04 Å². The normalized spacial score (nSPS) is 18.2.